The summed E-state index contributed by atoms with van der Waals surface area (Å²) < 4.78 is 5.77. The average molecular weight is 437 g/mol. The second-order valence-electron chi connectivity index (χ2n) is 8.98. The predicted molar refractivity (Wildman–Crippen MR) is 122 cm³/mol. The van der Waals surface area contributed by atoms with E-state index in [1.807, 2.05) is 19.9 Å². The van der Waals surface area contributed by atoms with Crippen LogP contribution in [-0.2, 0) is 26.1 Å². The Bertz CT molecular complexity index is 1140. The Morgan fingerprint density at radius 1 is 0.938 bits per heavy atom. The minimum Gasteiger partial charge on any atom is -0.331 e. The van der Waals surface area contributed by atoms with E-state index in [-0.39, 0.29) is 5.56 Å². The van der Waals surface area contributed by atoms with Crippen LogP contribution in [0.5, 0.6) is 0 Å². The molecule has 2 aliphatic rings. The first-order chi connectivity index (χ1) is 15.6. The standard InChI is InChI=1S/C23H32N8O/c1-18-15-19(2)31(25-18)21-6-7-23(32)30(26-21)14-13-27-9-11-28(12-10-27)17-22-24-16-20-5-3-4-8-29(20)22/h6-7,15-16H,3-5,8-14,17H2,1-2H3. The van der Waals surface area contributed by atoms with Gasteiger partial charge >= 0.3 is 0 Å². The molecule has 9 heteroatoms. The smallest absolute Gasteiger partial charge is 0.266 e. The number of aromatic nitrogens is 6. The Labute approximate surface area is 188 Å². The van der Waals surface area contributed by atoms with Crippen LogP contribution in [0.4, 0.5) is 0 Å². The molecule has 5 rings (SSSR count). The molecule has 170 valence electrons. The highest BCUT2D eigenvalue weighted by Gasteiger charge is 2.21. The van der Waals surface area contributed by atoms with Crippen LogP contribution in [0.3, 0.4) is 0 Å². The zero-order valence-corrected chi connectivity index (χ0v) is 19.1. The molecule has 0 radical (unpaired) electrons. The van der Waals surface area contributed by atoms with Gasteiger partial charge in [0.05, 0.1) is 18.8 Å². The number of fused-ring (bicyclic) bond motifs is 1. The molecule has 5 heterocycles. The number of hydrogen-bond acceptors (Lipinski definition) is 6. The van der Waals surface area contributed by atoms with E-state index in [0.29, 0.717) is 12.4 Å². The van der Waals surface area contributed by atoms with Gasteiger partial charge in [-0.05, 0) is 45.2 Å². The molecule has 0 atom stereocenters. The lowest BCUT2D eigenvalue weighted by Gasteiger charge is -2.34. The molecule has 2 aliphatic heterocycles. The first-order valence-corrected chi connectivity index (χ1v) is 11.7. The van der Waals surface area contributed by atoms with E-state index in [1.165, 1.54) is 24.4 Å². The van der Waals surface area contributed by atoms with Gasteiger partial charge in [0.2, 0.25) is 0 Å². The van der Waals surface area contributed by atoms with Gasteiger partial charge in [-0.15, -0.1) is 5.10 Å². The van der Waals surface area contributed by atoms with Gasteiger partial charge in [0.15, 0.2) is 5.82 Å². The minimum absolute atomic E-state index is 0.0713. The number of hydrogen-bond donors (Lipinski definition) is 0. The summed E-state index contributed by atoms with van der Waals surface area (Å²) in [6, 6.07) is 5.34. The molecule has 0 unspecified atom stereocenters. The van der Waals surface area contributed by atoms with E-state index in [0.717, 1.165) is 63.6 Å². The molecule has 0 amide bonds. The van der Waals surface area contributed by atoms with Crippen molar-refractivity contribution in [1.82, 2.24) is 38.9 Å². The topological polar surface area (TPSA) is 77.0 Å². The molecule has 32 heavy (non-hydrogen) atoms. The lowest BCUT2D eigenvalue weighted by Crippen LogP contribution is -2.47. The Morgan fingerprint density at radius 3 is 2.53 bits per heavy atom. The largest absolute Gasteiger partial charge is 0.331 e. The highest BCUT2D eigenvalue weighted by atomic mass is 16.1. The van der Waals surface area contributed by atoms with Crippen molar-refractivity contribution in [3.8, 4) is 5.82 Å². The SMILES string of the molecule is Cc1cc(C)n(-c2ccc(=O)n(CCN3CCN(Cc4ncc5n4CCCC5)CC3)n2)n1. The second-order valence-corrected chi connectivity index (χ2v) is 8.98. The van der Waals surface area contributed by atoms with Crippen molar-refractivity contribution < 1.29 is 0 Å². The van der Waals surface area contributed by atoms with Crippen LogP contribution in [0.2, 0.25) is 0 Å². The highest BCUT2D eigenvalue weighted by molar-refractivity contribution is 5.23. The molecule has 0 bridgehead atoms. The monoisotopic (exact) mass is 436 g/mol. The van der Waals surface area contributed by atoms with Crippen LogP contribution in [0, 0.1) is 13.8 Å². The molecule has 3 aromatic rings. The summed E-state index contributed by atoms with van der Waals surface area (Å²) in [5, 5.41) is 9.05. The summed E-state index contributed by atoms with van der Waals surface area (Å²) in [6.45, 7) is 11.4. The van der Waals surface area contributed by atoms with E-state index >= 15 is 0 Å². The summed E-state index contributed by atoms with van der Waals surface area (Å²) in [5.41, 5.74) is 3.27. The van der Waals surface area contributed by atoms with Crippen molar-refractivity contribution in [2.75, 3.05) is 32.7 Å². The zero-order valence-electron chi connectivity index (χ0n) is 19.1. The number of imidazole rings is 1. The van der Waals surface area contributed by atoms with Gasteiger partial charge in [0, 0.05) is 62.9 Å². The molecule has 0 spiro atoms. The van der Waals surface area contributed by atoms with Crippen molar-refractivity contribution in [3.63, 3.8) is 0 Å². The van der Waals surface area contributed by atoms with Crippen LogP contribution in [0.15, 0.2) is 29.2 Å². The first kappa shape index (κ1) is 21.1. The molecule has 0 N–H and O–H groups in total. The lowest BCUT2D eigenvalue weighted by atomic mass is 10.1. The van der Waals surface area contributed by atoms with E-state index in [2.05, 4.69) is 30.8 Å². The predicted octanol–water partition coefficient (Wildman–Crippen LogP) is 1.40. The minimum atomic E-state index is -0.0713. The maximum absolute atomic E-state index is 12.3. The Balaban J connectivity index is 1.16. The third-order valence-electron chi connectivity index (χ3n) is 6.62. The van der Waals surface area contributed by atoms with E-state index in [9.17, 15) is 4.79 Å². The third-order valence-corrected chi connectivity index (χ3v) is 6.62. The summed E-state index contributed by atoms with van der Waals surface area (Å²) in [5.74, 6) is 1.90. The molecule has 0 aliphatic carbocycles. The van der Waals surface area contributed by atoms with E-state index in [4.69, 9.17) is 4.98 Å². The van der Waals surface area contributed by atoms with Crippen molar-refractivity contribution in [3.05, 3.63) is 57.7 Å². The molecule has 0 aromatic carbocycles. The zero-order chi connectivity index (χ0) is 22.1. The van der Waals surface area contributed by atoms with Crippen molar-refractivity contribution in [2.45, 2.75) is 52.7 Å². The fraction of sp³-hybridized carbons (Fsp3) is 0.565. The fourth-order valence-electron chi connectivity index (χ4n) is 4.81. The van der Waals surface area contributed by atoms with Gasteiger partial charge in [-0.2, -0.15) is 5.10 Å². The summed E-state index contributed by atoms with van der Waals surface area (Å²) in [7, 11) is 0. The molecular formula is C23H32N8O. The van der Waals surface area contributed by atoms with Crippen LogP contribution < -0.4 is 5.56 Å². The van der Waals surface area contributed by atoms with Gasteiger partial charge in [0.25, 0.3) is 5.56 Å². The first-order valence-electron chi connectivity index (χ1n) is 11.7. The number of aryl methyl sites for hydroxylation is 3. The molecule has 1 saturated heterocycles. The van der Waals surface area contributed by atoms with Crippen molar-refractivity contribution >= 4 is 0 Å². The quantitative estimate of drug-likeness (QED) is 0.581. The normalized spacial score (nSPS) is 17.6. The average Bonchev–Trinajstić information content (AvgIpc) is 3.36. The highest BCUT2D eigenvalue weighted by Crippen LogP contribution is 2.18. The van der Waals surface area contributed by atoms with Crippen molar-refractivity contribution in [1.29, 1.82) is 0 Å². The molecule has 1 fully saturated rings. The van der Waals surface area contributed by atoms with Gasteiger partial charge < -0.3 is 4.57 Å². The fourth-order valence-corrected chi connectivity index (χ4v) is 4.81. The third kappa shape index (κ3) is 4.40. The Hall–Kier alpha value is -2.78. The van der Waals surface area contributed by atoms with Gasteiger partial charge in [-0.1, -0.05) is 0 Å². The Morgan fingerprint density at radius 2 is 1.75 bits per heavy atom. The van der Waals surface area contributed by atoms with Gasteiger partial charge in [-0.25, -0.2) is 14.3 Å². The van der Waals surface area contributed by atoms with E-state index < -0.39 is 0 Å². The summed E-state index contributed by atoms with van der Waals surface area (Å²) >= 11 is 0. The summed E-state index contributed by atoms with van der Waals surface area (Å²) in [4.78, 5) is 22.0. The Kier molecular flexibility index (Phi) is 5.93. The molecule has 3 aromatic heterocycles. The van der Waals surface area contributed by atoms with Gasteiger partial charge in [-0.3, -0.25) is 14.6 Å². The molecular weight excluding hydrogens is 404 g/mol. The van der Waals surface area contributed by atoms with Crippen molar-refractivity contribution in [2.24, 2.45) is 0 Å². The van der Waals surface area contributed by atoms with Crippen LogP contribution in [-0.4, -0.2) is 71.6 Å². The van der Waals surface area contributed by atoms with Crippen LogP contribution in [0.1, 0.15) is 35.7 Å². The number of rotatable bonds is 6. The molecule has 0 saturated carbocycles. The van der Waals surface area contributed by atoms with E-state index in [1.54, 1.807) is 21.5 Å². The van der Waals surface area contributed by atoms with Crippen LogP contribution >= 0.6 is 0 Å². The van der Waals surface area contributed by atoms with Gasteiger partial charge in [0.1, 0.15) is 5.82 Å². The second kappa shape index (κ2) is 8.99. The number of piperazine rings is 1. The summed E-state index contributed by atoms with van der Waals surface area (Å²) in [6.07, 6.45) is 5.77. The lowest BCUT2D eigenvalue weighted by molar-refractivity contribution is 0.119. The maximum Gasteiger partial charge on any atom is 0.266 e. The number of nitrogens with zero attached hydrogens (tertiary/aromatic N) is 8. The molecule has 9 nitrogen and oxygen atoms in total. The van der Waals surface area contributed by atoms with Crippen LogP contribution in [0.25, 0.3) is 5.82 Å². The maximum atomic E-state index is 12.3.